The summed E-state index contributed by atoms with van der Waals surface area (Å²) in [6.45, 7) is 0. The highest BCUT2D eigenvalue weighted by molar-refractivity contribution is 6.22. The largest absolute Gasteiger partial charge is 0.456 e. The molecule has 0 aliphatic rings. The van der Waals surface area contributed by atoms with Crippen LogP contribution in [0, 0.1) is 0 Å². The Hall–Kier alpha value is -5.14. The molecule has 8 aromatic rings. The van der Waals surface area contributed by atoms with Crippen molar-refractivity contribution in [3.05, 3.63) is 146 Å². The predicted octanol–water partition coefficient (Wildman–Crippen LogP) is 10.9. The van der Waals surface area contributed by atoms with Gasteiger partial charge in [-0.2, -0.15) is 0 Å². The molecule has 0 radical (unpaired) electrons. The van der Waals surface area contributed by atoms with Gasteiger partial charge in [0.1, 0.15) is 11.2 Å². The minimum atomic E-state index is 0.916. The summed E-state index contributed by atoms with van der Waals surface area (Å²) < 4.78 is 6.31. The molecule has 182 valence electrons. The summed E-state index contributed by atoms with van der Waals surface area (Å²) in [4.78, 5) is 0. The summed E-state index contributed by atoms with van der Waals surface area (Å²) in [5, 5.41) is 7.28. The zero-order valence-electron chi connectivity index (χ0n) is 21.3. The van der Waals surface area contributed by atoms with E-state index in [-0.39, 0.29) is 0 Å². The van der Waals surface area contributed by atoms with E-state index in [1.807, 2.05) is 12.1 Å². The fourth-order valence-electron chi connectivity index (χ4n) is 6.10. The lowest BCUT2D eigenvalue weighted by molar-refractivity contribution is 0.669. The first-order valence-electron chi connectivity index (χ1n) is 13.4. The van der Waals surface area contributed by atoms with Crippen LogP contribution in [0.3, 0.4) is 0 Å². The maximum atomic E-state index is 6.31. The second kappa shape index (κ2) is 8.72. The topological polar surface area (TPSA) is 13.1 Å². The molecule has 1 aromatic heterocycles. The van der Waals surface area contributed by atoms with E-state index in [1.165, 1.54) is 49.4 Å². The van der Waals surface area contributed by atoms with Gasteiger partial charge in [-0.25, -0.2) is 0 Å². The molecule has 0 fully saturated rings. The van der Waals surface area contributed by atoms with Gasteiger partial charge in [-0.05, 0) is 79.2 Å². The van der Waals surface area contributed by atoms with Gasteiger partial charge in [0.15, 0.2) is 0 Å². The lowest BCUT2D eigenvalue weighted by atomic mass is 9.84. The molecule has 0 saturated heterocycles. The zero-order valence-corrected chi connectivity index (χ0v) is 21.3. The van der Waals surface area contributed by atoms with E-state index in [4.69, 9.17) is 4.42 Å². The van der Waals surface area contributed by atoms with E-state index >= 15 is 0 Å². The van der Waals surface area contributed by atoms with E-state index in [2.05, 4.69) is 133 Å². The maximum absolute atomic E-state index is 6.31. The van der Waals surface area contributed by atoms with E-state index in [1.54, 1.807) is 0 Å². The van der Waals surface area contributed by atoms with E-state index in [0.29, 0.717) is 0 Å². The average Bonchev–Trinajstić information content (AvgIpc) is 3.38. The SMILES string of the molecule is c1ccc(-c2ccc3c(-c4ccc5c(c4)oc4ccccc45)c4ccccc4c(-c4ccccc4)c3c2)cc1. The quantitative estimate of drug-likeness (QED) is 0.222. The smallest absolute Gasteiger partial charge is 0.136 e. The molecule has 0 spiro atoms. The highest BCUT2D eigenvalue weighted by Gasteiger charge is 2.18. The summed E-state index contributed by atoms with van der Waals surface area (Å²) in [6, 6.07) is 52.1. The molecule has 0 aliphatic carbocycles. The lowest BCUT2D eigenvalue weighted by Crippen LogP contribution is -1.91. The Balaban J connectivity index is 1.50. The molecule has 0 amide bonds. The second-order valence-corrected chi connectivity index (χ2v) is 10.1. The molecular weight excluding hydrogens is 472 g/mol. The van der Waals surface area contributed by atoms with Crippen LogP contribution in [0.15, 0.2) is 150 Å². The van der Waals surface area contributed by atoms with E-state index in [9.17, 15) is 0 Å². The van der Waals surface area contributed by atoms with Gasteiger partial charge in [-0.15, -0.1) is 0 Å². The Bertz CT molecular complexity index is 2150. The van der Waals surface area contributed by atoms with Crippen molar-refractivity contribution >= 4 is 43.5 Å². The number of rotatable bonds is 3. The van der Waals surface area contributed by atoms with Crippen molar-refractivity contribution in [2.45, 2.75) is 0 Å². The highest BCUT2D eigenvalue weighted by atomic mass is 16.3. The number of fused-ring (bicyclic) bond motifs is 5. The molecule has 39 heavy (non-hydrogen) atoms. The predicted molar refractivity (Wildman–Crippen MR) is 165 cm³/mol. The molecule has 1 heterocycles. The first kappa shape index (κ1) is 21.9. The first-order chi connectivity index (χ1) is 19.3. The van der Waals surface area contributed by atoms with Crippen molar-refractivity contribution in [3.63, 3.8) is 0 Å². The Kier molecular flexibility index (Phi) is 4.89. The van der Waals surface area contributed by atoms with Crippen LogP contribution in [-0.2, 0) is 0 Å². The van der Waals surface area contributed by atoms with Crippen LogP contribution >= 0.6 is 0 Å². The normalized spacial score (nSPS) is 11.6. The highest BCUT2D eigenvalue weighted by Crippen LogP contribution is 2.45. The van der Waals surface area contributed by atoms with Crippen LogP contribution in [0.5, 0.6) is 0 Å². The summed E-state index contributed by atoms with van der Waals surface area (Å²) in [7, 11) is 0. The van der Waals surface area contributed by atoms with E-state index < -0.39 is 0 Å². The van der Waals surface area contributed by atoms with Crippen molar-refractivity contribution in [2.75, 3.05) is 0 Å². The van der Waals surface area contributed by atoms with Crippen LogP contribution in [0.1, 0.15) is 0 Å². The van der Waals surface area contributed by atoms with Crippen molar-refractivity contribution in [1.29, 1.82) is 0 Å². The zero-order chi connectivity index (χ0) is 25.8. The molecule has 7 aromatic carbocycles. The Morgan fingerprint density at radius 1 is 0.282 bits per heavy atom. The number of hydrogen-bond acceptors (Lipinski definition) is 1. The van der Waals surface area contributed by atoms with Crippen LogP contribution in [-0.4, -0.2) is 0 Å². The number of hydrogen-bond donors (Lipinski definition) is 0. The molecule has 0 bridgehead atoms. The van der Waals surface area contributed by atoms with Crippen LogP contribution in [0.2, 0.25) is 0 Å². The molecule has 1 nitrogen and oxygen atoms in total. The second-order valence-electron chi connectivity index (χ2n) is 10.1. The minimum absolute atomic E-state index is 0.916. The molecule has 0 aliphatic heterocycles. The van der Waals surface area contributed by atoms with Crippen LogP contribution < -0.4 is 0 Å². The summed E-state index contributed by atoms with van der Waals surface area (Å²) >= 11 is 0. The summed E-state index contributed by atoms with van der Waals surface area (Å²) in [5.41, 5.74) is 9.17. The molecule has 1 heteroatoms. The molecule has 0 unspecified atom stereocenters. The van der Waals surface area contributed by atoms with Gasteiger partial charge < -0.3 is 4.42 Å². The fraction of sp³-hybridized carbons (Fsp3) is 0. The molecule has 8 rings (SSSR count). The van der Waals surface area contributed by atoms with Gasteiger partial charge >= 0.3 is 0 Å². The first-order valence-corrected chi connectivity index (χ1v) is 13.4. The van der Waals surface area contributed by atoms with Crippen molar-refractivity contribution in [3.8, 4) is 33.4 Å². The maximum Gasteiger partial charge on any atom is 0.136 e. The van der Waals surface area contributed by atoms with Crippen molar-refractivity contribution in [1.82, 2.24) is 0 Å². The molecule has 0 N–H and O–H groups in total. The lowest BCUT2D eigenvalue weighted by Gasteiger charge is -2.18. The van der Waals surface area contributed by atoms with Crippen molar-refractivity contribution < 1.29 is 4.42 Å². The number of para-hydroxylation sites is 1. The van der Waals surface area contributed by atoms with Gasteiger partial charge in [-0.3, -0.25) is 0 Å². The van der Waals surface area contributed by atoms with Crippen molar-refractivity contribution in [2.24, 2.45) is 0 Å². The third-order valence-corrected chi connectivity index (χ3v) is 7.86. The average molecular weight is 497 g/mol. The van der Waals surface area contributed by atoms with Gasteiger partial charge in [0.05, 0.1) is 0 Å². The van der Waals surface area contributed by atoms with Crippen LogP contribution in [0.25, 0.3) is 76.9 Å². The summed E-state index contributed by atoms with van der Waals surface area (Å²) in [6.07, 6.45) is 0. The summed E-state index contributed by atoms with van der Waals surface area (Å²) in [5.74, 6) is 0. The third kappa shape index (κ3) is 3.48. The van der Waals surface area contributed by atoms with Gasteiger partial charge in [-0.1, -0.05) is 121 Å². The Labute approximate surface area is 226 Å². The van der Waals surface area contributed by atoms with Crippen LogP contribution in [0.4, 0.5) is 0 Å². The molecular formula is C38H24O. The van der Waals surface area contributed by atoms with Gasteiger partial charge in [0, 0.05) is 10.8 Å². The number of benzene rings is 7. The molecule has 0 atom stereocenters. The molecule has 0 saturated carbocycles. The van der Waals surface area contributed by atoms with Gasteiger partial charge in [0.25, 0.3) is 0 Å². The standard InChI is InChI=1S/C38H24O/c1-3-11-25(12-4-1)27-19-22-33-34(23-27)37(26-13-5-2-6-14-26)31-16-7-8-17-32(31)38(33)28-20-21-30-29-15-9-10-18-35(29)39-36(30)24-28/h1-24H. The Morgan fingerprint density at radius 2 is 0.795 bits per heavy atom. The third-order valence-electron chi connectivity index (χ3n) is 7.86. The Morgan fingerprint density at radius 3 is 1.54 bits per heavy atom. The fourth-order valence-corrected chi connectivity index (χ4v) is 6.10. The van der Waals surface area contributed by atoms with E-state index in [0.717, 1.165) is 27.5 Å². The monoisotopic (exact) mass is 496 g/mol. The minimum Gasteiger partial charge on any atom is -0.456 e. The number of furan rings is 1. The van der Waals surface area contributed by atoms with Gasteiger partial charge in [0.2, 0.25) is 0 Å².